The zero-order valence-corrected chi connectivity index (χ0v) is 8.28. The van der Waals surface area contributed by atoms with Crippen molar-refractivity contribution in [1.29, 1.82) is 5.26 Å². The Bertz CT molecular complexity index is 427. The Morgan fingerprint density at radius 2 is 2.00 bits per heavy atom. The second kappa shape index (κ2) is 4.13. The number of alkyl halides is 3. The van der Waals surface area contributed by atoms with E-state index in [1.54, 1.807) is 0 Å². The van der Waals surface area contributed by atoms with E-state index in [4.69, 9.17) is 28.5 Å². The molecule has 8 heteroatoms. The van der Waals surface area contributed by atoms with Crippen molar-refractivity contribution in [3.63, 3.8) is 0 Å². The number of nitrogens with zero attached hydrogens (tertiary/aromatic N) is 2. The minimum absolute atomic E-state index is 0.142. The Balaban J connectivity index is 3.18. The molecular formula is C7HCl2F3N2O. The summed E-state index contributed by atoms with van der Waals surface area (Å²) in [5.74, 6) is -0.898. The fraction of sp³-hybridized carbons (Fsp3) is 0.143. The van der Waals surface area contributed by atoms with Crippen LogP contribution in [0.25, 0.3) is 0 Å². The molecule has 0 atom stereocenters. The van der Waals surface area contributed by atoms with Gasteiger partial charge in [-0.3, -0.25) is 0 Å². The highest BCUT2D eigenvalue weighted by atomic mass is 35.5. The van der Waals surface area contributed by atoms with Crippen molar-refractivity contribution in [3.05, 3.63) is 21.8 Å². The lowest BCUT2D eigenvalue weighted by Crippen LogP contribution is -2.18. The molecule has 0 N–H and O–H groups in total. The van der Waals surface area contributed by atoms with E-state index in [0.29, 0.717) is 0 Å². The number of nitriles is 1. The molecule has 1 rings (SSSR count). The first-order chi connectivity index (χ1) is 6.85. The lowest BCUT2D eigenvalue weighted by Gasteiger charge is -2.09. The van der Waals surface area contributed by atoms with Crippen molar-refractivity contribution in [2.75, 3.05) is 0 Å². The van der Waals surface area contributed by atoms with E-state index in [2.05, 4.69) is 9.72 Å². The standard InChI is InChI=1S/C7HCl2F3N2O/c8-4-2-14-6(15-7(10,11)12)5(9)3(4)1-13/h2H. The van der Waals surface area contributed by atoms with Crippen LogP contribution in [0.2, 0.25) is 10.0 Å². The minimum Gasteiger partial charge on any atom is -0.386 e. The van der Waals surface area contributed by atoms with E-state index in [0.717, 1.165) is 6.20 Å². The van der Waals surface area contributed by atoms with E-state index in [1.807, 2.05) is 0 Å². The molecule has 0 saturated carbocycles. The topological polar surface area (TPSA) is 45.9 Å². The minimum atomic E-state index is -4.92. The molecule has 0 aliphatic heterocycles. The molecule has 0 bridgehead atoms. The van der Waals surface area contributed by atoms with Crippen molar-refractivity contribution in [2.24, 2.45) is 0 Å². The van der Waals surface area contributed by atoms with Gasteiger partial charge in [0.25, 0.3) is 0 Å². The van der Waals surface area contributed by atoms with Crippen LogP contribution in [0.15, 0.2) is 6.20 Å². The van der Waals surface area contributed by atoms with Crippen molar-refractivity contribution in [3.8, 4) is 11.9 Å². The number of aromatic nitrogens is 1. The van der Waals surface area contributed by atoms with Crippen molar-refractivity contribution in [1.82, 2.24) is 4.98 Å². The number of hydrogen-bond acceptors (Lipinski definition) is 3. The summed E-state index contributed by atoms with van der Waals surface area (Å²) in [6, 6.07) is 1.54. The summed E-state index contributed by atoms with van der Waals surface area (Å²) in [4.78, 5) is 3.21. The summed E-state index contributed by atoms with van der Waals surface area (Å²) in [7, 11) is 0. The maximum absolute atomic E-state index is 11.8. The van der Waals surface area contributed by atoms with Gasteiger partial charge < -0.3 is 4.74 Å². The summed E-state index contributed by atoms with van der Waals surface area (Å²) in [5, 5.41) is 7.83. The van der Waals surface area contributed by atoms with E-state index in [9.17, 15) is 13.2 Å². The van der Waals surface area contributed by atoms with Gasteiger partial charge in [0.15, 0.2) is 0 Å². The molecule has 1 aromatic rings. The zero-order chi connectivity index (χ0) is 11.6. The lowest BCUT2D eigenvalue weighted by atomic mass is 10.3. The summed E-state index contributed by atoms with van der Waals surface area (Å²) in [6.45, 7) is 0. The Kier molecular flexibility index (Phi) is 3.27. The van der Waals surface area contributed by atoms with E-state index in [-0.39, 0.29) is 10.6 Å². The monoisotopic (exact) mass is 256 g/mol. The summed E-state index contributed by atoms with van der Waals surface area (Å²) in [5.41, 5.74) is -0.312. The van der Waals surface area contributed by atoms with Crippen LogP contribution in [0.3, 0.4) is 0 Å². The summed E-state index contributed by atoms with van der Waals surface area (Å²) < 4.78 is 38.9. The summed E-state index contributed by atoms with van der Waals surface area (Å²) in [6.07, 6.45) is -4.07. The van der Waals surface area contributed by atoms with Crippen LogP contribution in [0.4, 0.5) is 13.2 Å². The number of halogens is 5. The van der Waals surface area contributed by atoms with Crippen LogP contribution in [0.5, 0.6) is 5.88 Å². The average Bonchev–Trinajstić information content (AvgIpc) is 2.09. The highest BCUT2D eigenvalue weighted by Gasteiger charge is 2.33. The predicted octanol–water partition coefficient (Wildman–Crippen LogP) is 3.16. The van der Waals surface area contributed by atoms with Gasteiger partial charge in [-0.05, 0) is 0 Å². The lowest BCUT2D eigenvalue weighted by molar-refractivity contribution is -0.276. The first-order valence-corrected chi connectivity index (χ1v) is 4.10. The number of hydrogen-bond donors (Lipinski definition) is 0. The van der Waals surface area contributed by atoms with Gasteiger partial charge in [-0.1, -0.05) is 23.2 Å². The van der Waals surface area contributed by atoms with Crippen LogP contribution >= 0.6 is 23.2 Å². The zero-order valence-electron chi connectivity index (χ0n) is 6.77. The third-order valence-corrected chi connectivity index (χ3v) is 1.90. The summed E-state index contributed by atoms with van der Waals surface area (Å²) >= 11 is 10.9. The average molecular weight is 257 g/mol. The SMILES string of the molecule is N#Cc1c(Cl)cnc(OC(F)(F)F)c1Cl. The van der Waals surface area contributed by atoms with E-state index < -0.39 is 17.3 Å². The fourth-order valence-corrected chi connectivity index (χ4v) is 1.20. The second-order valence-corrected chi connectivity index (χ2v) is 3.05. The normalized spacial score (nSPS) is 10.9. The maximum Gasteiger partial charge on any atom is 0.574 e. The van der Waals surface area contributed by atoms with Gasteiger partial charge in [0.05, 0.1) is 16.8 Å². The van der Waals surface area contributed by atoms with Crippen LogP contribution in [-0.4, -0.2) is 11.3 Å². The first-order valence-electron chi connectivity index (χ1n) is 3.35. The molecule has 80 valence electrons. The molecule has 0 aromatic carbocycles. The first kappa shape index (κ1) is 11.9. The Morgan fingerprint density at radius 1 is 1.40 bits per heavy atom. The third kappa shape index (κ3) is 2.88. The molecule has 0 aliphatic carbocycles. The fourth-order valence-electron chi connectivity index (χ4n) is 0.732. The van der Waals surface area contributed by atoms with Crippen LogP contribution in [0, 0.1) is 11.3 Å². The second-order valence-electron chi connectivity index (χ2n) is 2.26. The highest BCUT2D eigenvalue weighted by Crippen LogP contribution is 2.33. The molecule has 0 aliphatic rings. The molecule has 15 heavy (non-hydrogen) atoms. The molecule has 0 radical (unpaired) electrons. The Labute approximate surface area is 92.0 Å². The Morgan fingerprint density at radius 3 is 2.47 bits per heavy atom. The highest BCUT2D eigenvalue weighted by molar-refractivity contribution is 6.37. The van der Waals surface area contributed by atoms with Gasteiger partial charge >= 0.3 is 6.36 Å². The van der Waals surface area contributed by atoms with Gasteiger partial charge in [0.1, 0.15) is 11.1 Å². The Hall–Kier alpha value is -1.19. The van der Waals surface area contributed by atoms with Gasteiger partial charge in [-0.15, -0.1) is 13.2 Å². The molecular weight excluding hydrogens is 256 g/mol. The van der Waals surface area contributed by atoms with Crippen LogP contribution in [-0.2, 0) is 0 Å². The molecule has 0 saturated heterocycles. The number of ether oxygens (including phenoxy) is 1. The van der Waals surface area contributed by atoms with Crippen molar-refractivity contribution < 1.29 is 17.9 Å². The number of pyridine rings is 1. The molecule has 3 nitrogen and oxygen atoms in total. The molecule has 0 spiro atoms. The predicted molar refractivity (Wildman–Crippen MR) is 45.7 cm³/mol. The van der Waals surface area contributed by atoms with Gasteiger partial charge in [0.2, 0.25) is 5.88 Å². The maximum atomic E-state index is 11.8. The van der Waals surface area contributed by atoms with Crippen molar-refractivity contribution in [2.45, 2.75) is 6.36 Å². The van der Waals surface area contributed by atoms with Gasteiger partial charge in [0, 0.05) is 0 Å². The van der Waals surface area contributed by atoms with Crippen molar-refractivity contribution >= 4 is 23.2 Å². The van der Waals surface area contributed by atoms with E-state index in [1.165, 1.54) is 6.07 Å². The molecule has 0 amide bonds. The van der Waals surface area contributed by atoms with Gasteiger partial charge in [-0.2, -0.15) is 5.26 Å². The molecule has 0 fully saturated rings. The number of rotatable bonds is 1. The molecule has 0 unspecified atom stereocenters. The largest absolute Gasteiger partial charge is 0.574 e. The molecule has 1 aromatic heterocycles. The van der Waals surface area contributed by atoms with E-state index >= 15 is 0 Å². The van der Waals surface area contributed by atoms with Gasteiger partial charge in [-0.25, -0.2) is 4.98 Å². The smallest absolute Gasteiger partial charge is 0.386 e. The quantitative estimate of drug-likeness (QED) is 0.776. The third-order valence-electron chi connectivity index (χ3n) is 1.27. The van der Waals surface area contributed by atoms with Crippen LogP contribution < -0.4 is 4.74 Å². The molecule has 1 heterocycles. The van der Waals surface area contributed by atoms with Crippen LogP contribution in [0.1, 0.15) is 5.56 Å².